The molecule has 0 saturated carbocycles. The molecule has 0 saturated heterocycles. The van der Waals surface area contributed by atoms with Crippen LogP contribution in [0.15, 0.2) is 30.3 Å². The molecule has 0 amide bonds. The molecule has 0 aromatic heterocycles. The summed E-state index contributed by atoms with van der Waals surface area (Å²) in [4.78, 5) is 0. The van der Waals surface area contributed by atoms with Gasteiger partial charge in [0.15, 0.2) is 11.5 Å². The Labute approximate surface area is 139 Å². The van der Waals surface area contributed by atoms with Crippen molar-refractivity contribution in [2.75, 3.05) is 20.8 Å². The normalized spacial score (nSPS) is 17.0. The van der Waals surface area contributed by atoms with E-state index in [1.165, 1.54) is 0 Å². The minimum atomic E-state index is -0.301. The van der Waals surface area contributed by atoms with Gasteiger partial charge in [0.1, 0.15) is 6.10 Å². The van der Waals surface area contributed by atoms with E-state index < -0.39 is 0 Å². The Balaban J connectivity index is 2.15. The lowest BCUT2D eigenvalue weighted by Gasteiger charge is -2.28. The van der Waals surface area contributed by atoms with E-state index in [2.05, 4.69) is 0 Å². The average Bonchev–Trinajstić information content (AvgIpc) is 2.53. The lowest BCUT2D eigenvalue weighted by Crippen LogP contribution is -2.18. The second-order valence-corrected chi connectivity index (χ2v) is 5.86. The SMILES string of the molecule is COc1cc2c(cc1OC)C(c1c(Cl)cccc1Cl)OCC2. The van der Waals surface area contributed by atoms with Crippen LogP contribution >= 0.6 is 23.2 Å². The van der Waals surface area contributed by atoms with Crippen molar-refractivity contribution in [3.63, 3.8) is 0 Å². The molecule has 1 aliphatic heterocycles. The molecule has 0 N–H and O–H groups in total. The number of rotatable bonds is 3. The molecule has 1 aliphatic rings. The first kappa shape index (κ1) is 15.5. The molecule has 2 aromatic carbocycles. The molecule has 0 spiro atoms. The summed E-state index contributed by atoms with van der Waals surface area (Å²) in [6.07, 6.45) is 0.513. The summed E-state index contributed by atoms with van der Waals surface area (Å²) in [6.45, 7) is 0.606. The fourth-order valence-electron chi connectivity index (χ4n) is 2.77. The molecule has 0 fully saturated rings. The number of halogens is 2. The Kier molecular flexibility index (Phi) is 4.48. The molecule has 3 nitrogen and oxygen atoms in total. The molecular weight excluding hydrogens is 323 g/mol. The van der Waals surface area contributed by atoms with Crippen molar-refractivity contribution in [1.82, 2.24) is 0 Å². The molecule has 116 valence electrons. The Hall–Kier alpha value is -1.42. The van der Waals surface area contributed by atoms with E-state index in [0.717, 1.165) is 23.1 Å². The first-order chi connectivity index (χ1) is 10.7. The van der Waals surface area contributed by atoms with Gasteiger partial charge in [0, 0.05) is 15.6 Å². The first-order valence-corrected chi connectivity index (χ1v) is 7.71. The lowest BCUT2D eigenvalue weighted by atomic mass is 9.92. The van der Waals surface area contributed by atoms with Crippen LogP contribution in [0.4, 0.5) is 0 Å². The van der Waals surface area contributed by atoms with Gasteiger partial charge in [0.2, 0.25) is 0 Å². The zero-order valence-corrected chi connectivity index (χ0v) is 13.9. The van der Waals surface area contributed by atoms with Crippen molar-refractivity contribution in [3.8, 4) is 11.5 Å². The fraction of sp³-hybridized carbons (Fsp3) is 0.294. The van der Waals surface area contributed by atoms with Gasteiger partial charge in [-0.25, -0.2) is 0 Å². The second kappa shape index (κ2) is 6.37. The van der Waals surface area contributed by atoms with Crippen LogP contribution in [0.3, 0.4) is 0 Å². The molecule has 0 aliphatic carbocycles. The number of hydrogen-bond acceptors (Lipinski definition) is 3. The number of ether oxygens (including phenoxy) is 3. The lowest BCUT2D eigenvalue weighted by molar-refractivity contribution is 0.0696. The third-order valence-corrected chi connectivity index (χ3v) is 4.50. The molecule has 3 rings (SSSR count). The summed E-state index contributed by atoms with van der Waals surface area (Å²) in [6, 6.07) is 9.40. The molecular formula is C17H16Cl2O3. The smallest absolute Gasteiger partial charge is 0.161 e. The molecule has 5 heteroatoms. The van der Waals surface area contributed by atoms with Gasteiger partial charge in [-0.3, -0.25) is 0 Å². The van der Waals surface area contributed by atoms with Gasteiger partial charge in [-0.05, 0) is 41.8 Å². The molecule has 1 atom stereocenters. The van der Waals surface area contributed by atoms with E-state index in [1.807, 2.05) is 30.3 Å². The highest BCUT2D eigenvalue weighted by molar-refractivity contribution is 6.36. The molecule has 0 bridgehead atoms. The van der Waals surface area contributed by atoms with Gasteiger partial charge < -0.3 is 14.2 Å². The fourth-order valence-corrected chi connectivity index (χ4v) is 3.37. The van der Waals surface area contributed by atoms with Gasteiger partial charge in [0.05, 0.1) is 20.8 Å². The number of benzene rings is 2. The predicted molar refractivity (Wildman–Crippen MR) is 87.5 cm³/mol. The predicted octanol–water partition coefficient (Wildman–Crippen LogP) is 4.67. The van der Waals surface area contributed by atoms with E-state index in [9.17, 15) is 0 Å². The molecule has 22 heavy (non-hydrogen) atoms. The van der Waals surface area contributed by atoms with Gasteiger partial charge in [0.25, 0.3) is 0 Å². The van der Waals surface area contributed by atoms with Crippen LogP contribution in [0.2, 0.25) is 10.0 Å². The van der Waals surface area contributed by atoms with Crippen molar-refractivity contribution in [3.05, 3.63) is 57.1 Å². The summed E-state index contributed by atoms with van der Waals surface area (Å²) in [5, 5.41) is 1.19. The van der Waals surface area contributed by atoms with Crippen LogP contribution < -0.4 is 9.47 Å². The van der Waals surface area contributed by atoms with E-state index >= 15 is 0 Å². The zero-order chi connectivity index (χ0) is 15.7. The third kappa shape index (κ3) is 2.65. The third-order valence-electron chi connectivity index (χ3n) is 3.85. The summed E-state index contributed by atoms with van der Waals surface area (Å²) in [5.74, 6) is 1.38. The van der Waals surface area contributed by atoms with Crippen LogP contribution in [-0.4, -0.2) is 20.8 Å². The monoisotopic (exact) mass is 338 g/mol. The largest absolute Gasteiger partial charge is 0.493 e. The summed E-state index contributed by atoms with van der Waals surface area (Å²) < 4.78 is 16.7. The average molecular weight is 339 g/mol. The summed E-state index contributed by atoms with van der Waals surface area (Å²) in [7, 11) is 3.25. The highest BCUT2D eigenvalue weighted by Gasteiger charge is 2.28. The number of hydrogen-bond donors (Lipinski definition) is 0. The topological polar surface area (TPSA) is 27.7 Å². The zero-order valence-electron chi connectivity index (χ0n) is 12.4. The quantitative estimate of drug-likeness (QED) is 0.813. The standard InChI is InChI=1S/C17H16Cl2O3/c1-20-14-8-10-6-7-22-17(11(10)9-15(14)21-2)16-12(18)4-3-5-13(16)19/h3-5,8-9,17H,6-7H2,1-2H3. The maximum Gasteiger partial charge on any atom is 0.161 e. The number of fused-ring (bicyclic) bond motifs is 1. The van der Waals surface area contributed by atoms with Crippen LogP contribution in [-0.2, 0) is 11.2 Å². The molecule has 0 radical (unpaired) electrons. The summed E-state index contributed by atoms with van der Waals surface area (Å²) in [5.41, 5.74) is 2.96. The molecule has 2 aromatic rings. The maximum atomic E-state index is 6.34. The van der Waals surface area contributed by atoms with Crippen molar-refractivity contribution in [1.29, 1.82) is 0 Å². The molecule has 1 unspecified atom stereocenters. The van der Waals surface area contributed by atoms with Crippen LogP contribution in [0, 0.1) is 0 Å². The van der Waals surface area contributed by atoms with E-state index in [-0.39, 0.29) is 6.10 Å². The second-order valence-electron chi connectivity index (χ2n) is 5.04. The molecule has 1 heterocycles. The van der Waals surface area contributed by atoms with Gasteiger partial charge >= 0.3 is 0 Å². The first-order valence-electron chi connectivity index (χ1n) is 6.96. The van der Waals surface area contributed by atoms with Gasteiger partial charge in [-0.2, -0.15) is 0 Å². The minimum absolute atomic E-state index is 0.301. The minimum Gasteiger partial charge on any atom is -0.493 e. The van der Waals surface area contributed by atoms with E-state index in [0.29, 0.717) is 28.2 Å². The van der Waals surface area contributed by atoms with Crippen molar-refractivity contribution in [2.24, 2.45) is 0 Å². The number of methoxy groups -OCH3 is 2. The van der Waals surface area contributed by atoms with Crippen molar-refractivity contribution in [2.45, 2.75) is 12.5 Å². The van der Waals surface area contributed by atoms with Crippen molar-refractivity contribution >= 4 is 23.2 Å². The highest BCUT2D eigenvalue weighted by Crippen LogP contribution is 2.43. The van der Waals surface area contributed by atoms with E-state index in [4.69, 9.17) is 37.4 Å². The Morgan fingerprint density at radius 3 is 2.32 bits per heavy atom. The van der Waals surface area contributed by atoms with Crippen LogP contribution in [0.5, 0.6) is 11.5 Å². The Bertz CT molecular complexity index is 680. The highest BCUT2D eigenvalue weighted by atomic mass is 35.5. The van der Waals surface area contributed by atoms with E-state index in [1.54, 1.807) is 14.2 Å². The maximum absolute atomic E-state index is 6.34. The summed E-state index contributed by atoms with van der Waals surface area (Å²) >= 11 is 12.7. The van der Waals surface area contributed by atoms with Crippen molar-refractivity contribution < 1.29 is 14.2 Å². The van der Waals surface area contributed by atoms with Gasteiger partial charge in [-0.1, -0.05) is 29.3 Å². The van der Waals surface area contributed by atoms with Gasteiger partial charge in [-0.15, -0.1) is 0 Å². The Morgan fingerprint density at radius 2 is 1.68 bits per heavy atom. The van der Waals surface area contributed by atoms with Crippen LogP contribution in [0.1, 0.15) is 22.8 Å². The Morgan fingerprint density at radius 1 is 1.05 bits per heavy atom. The van der Waals surface area contributed by atoms with Crippen LogP contribution in [0.25, 0.3) is 0 Å².